The van der Waals surface area contributed by atoms with Gasteiger partial charge in [0.25, 0.3) is 5.17 Å². The van der Waals surface area contributed by atoms with Gasteiger partial charge in [0.05, 0.1) is 11.5 Å². The van der Waals surface area contributed by atoms with Crippen LogP contribution in [-0.2, 0) is 14.6 Å². The molecular weight excluding hydrogens is 246 g/mol. The van der Waals surface area contributed by atoms with Crippen LogP contribution in [0.25, 0.3) is 0 Å². The molecule has 1 N–H and O–H groups in total. The highest BCUT2D eigenvalue weighted by atomic mass is 32.2. The Morgan fingerprint density at radius 1 is 1.50 bits per heavy atom. The average molecular weight is 265 g/mol. The van der Waals surface area contributed by atoms with Crippen LogP contribution >= 0.6 is 12.2 Å². The van der Waals surface area contributed by atoms with E-state index in [1.165, 1.54) is 0 Å². The summed E-state index contributed by atoms with van der Waals surface area (Å²) in [6.45, 7) is 6.33. The number of sulfone groups is 1. The van der Waals surface area contributed by atoms with Crippen LogP contribution in [-0.4, -0.2) is 37.2 Å². The maximum atomic E-state index is 11.2. The molecule has 1 fully saturated rings. The third-order valence-electron chi connectivity index (χ3n) is 2.26. The summed E-state index contributed by atoms with van der Waals surface area (Å²) in [5.74, 6) is 0.719. The summed E-state index contributed by atoms with van der Waals surface area (Å²) in [5, 5.41) is 3.31. The van der Waals surface area contributed by atoms with Gasteiger partial charge in [-0.2, -0.15) is 0 Å². The van der Waals surface area contributed by atoms with E-state index in [4.69, 9.17) is 17.0 Å². The van der Waals surface area contributed by atoms with Gasteiger partial charge >= 0.3 is 0 Å². The fourth-order valence-corrected chi connectivity index (χ4v) is 3.77. The highest BCUT2D eigenvalue weighted by molar-refractivity contribution is 7.91. The van der Waals surface area contributed by atoms with Crippen LogP contribution in [0.15, 0.2) is 0 Å². The molecule has 0 bridgehead atoms. The minimum Gasteiger partial charge on any atom is -0.465 e. The van der Waals surface area contributed by atoms with Crippen LogP contribution in [0.5, 0.6) is 0 Å². The molecule has 0 spiro atoms. The molecule has 4 nitrogen and oxygen atoms in total. The molecule has 0 aromatic carbocycles. The molecule has 1 aliphatic heterocycles. The summed E-state index contributed by atoms with van der Waals surface area (Å²) >= 11 is 5.01. The quantitative estimate of drug-likeness (QED) is 0.758. The van der Waals surface area contributed by atoms with Gasteiger partial charge in [0, 0.05) is 6.54 Å². The lowest BCUT2D eigenvalue weighted by atomic mass is 10.1. The van der Waals surface area contributed by atoms with Crippen molar-refractivity contribution in [1.82, 2.24) is 5.32 Å². The van der Waals surface area contributed by atoms with Gasteiger partial charge in [0.2, 0.25) is 0 Å². The predicted molar refractivity (Wildman–Crippen MR) is 68.2 cm³/mol. The SMILES string of the molecule is CC(C)(C)OC(=S)NC[C@H]1CCS(=O)(=O)C1. The number of hydrogen-bond donors (Lipinski definition) is 1. The lowest BCUT2D eigenvalue weighted by Gasteiger charge is -2.22. The summed E-state index contributed by atoms with van der Waals surface area (Å²) < 4.78 is 27.9. The van der Waals surface area contributed by atoms with Crippen molar-refractivity contribution in [2.24, 2.45) is 5.92 Å². The van der Waals surface area contributed by atoms with Crippen molar-refractivity contribution in [3.63, 3.8) is 0 Å². The molecule has 0 aliphatic carbocycles. The van der Waals surface area contributed by atoms with Gasteiger partial charge < -0.3 is 10.1 Å². The fourth-order valence-electron chi connectivity index (χ4n) is 1.57. The molecule has 1 rings (SSSR count). The zero-order valence-electron chi connectivity index (χ0n) is 9.95. The Morgan fingerprint density at radius 2 is 2.12 bits per heavy atom. The van der Waals surface area contributed by atoms with E-state index in [-0.39, 0.29) is 17.3 Å². The number of hydrogen-bond acceptors (Lipinski definition) is 4. The van der Waals surface area contributed by atoms with Crippen molar-refractivity contribution in [2.75, 3.05) is 18.1 Å². The molecular formula is C10H19NO3S2. The Labute approximate surface area is 103 Å². The number of rotatable bonds is 2. The van der Waals surface area contributed by atoms with Gasteiger partial charge in [0.1, 0.15) is 5.60 Å². The normalized spacial score (nSPS) is 24.1. The predicted octanol–water partition coefficient (Wildman–Crippen LogP) is 1.11. The van der Waals surface area contributed by atoms with Crippen molar-refractivity contribution in [2.45, 2.75) is 32.8 Å². The van der Waals surface area contributed by atoms with Crippen molar-refractivity contribution in [3.8, 4) is 0 Å². The highest BCUT2D eigenvalue weighted by Crippen LogP contribution is 2.17. The largest absolute Gasteiger partial charge is 0.465 e. The van der Waals surface area contributed by atoms with E-state index >= 15 is 0 Å². The maximum absolute atomic E-state index is 11.2. The second-order valence-corrected chi connectivity index (χ2v) is 7.75. The maximum Gasteiger partial charge on any atom is 0.257 e. The second-order valence-electron chi connectivity index (χ2n) is 5.15. The van der Waals surface area contributed by atoms with Crippen LogP contribution in [0.3, 0.4) is 0 Å². The summed E-state index contributed by atoms with van der Waals surface area (Å²) in [7, 11) is -2.80. The third-order valence-corrected chi connectivity index (χ3v) is 4.33. The molecule has 0 aromatic heterocycles. The van der Waals surface area contributed by atoms with Gasteiger partial charge in [-0.15, -0.1) is 0 Å². The van der Waals surface area contributed by atoms with Crippen molar-refractivity contribution >= 4 is 27.2 Å². The molecule has 1 atom stereocenters. The van der Waals surface area contributed by atoms with Gasteiger partial charge in [-0.1, -0.05) is 0 Å². The zero-order chi connectivity index (χ0) is 12.4. The van der Waals surface area contributed by atoms with Crippen molar-refractivity contribution < 1.29 is 13.2 Å². The number of thiocarbonyl (C=S) groups is 1. The zero-order valence-corrected chi connectivity index (χ0v) is 11.6. The first-order valence-electron chi connectivity index (χ1n) is 5.35. The lowest BCUT2D eigenvalue weighted by molar-refractivity contribution is 0.114. The molecule has 0 amide bonds. The molecule has 0 unspecified atom stereocenters. The topological polar surface area (TPSA) is 55.4 Å². The smallest absolute Gasteiger partial charge is 0.257 e. The number of nitrogens with one attached hydrogen (secondary N) is 1. The first-order valence-corrected chi connectivity index (χ1v) is 7.58. The Morgan fingerprint density at radius 3 is 2.56 bits per heavy atom. The molecule has 16 heavy (non-hydrogen) atoms. The van der Waals surface area contributed by atoms with Crippen LogP contribution in [0.2, 0.25) is 0 Å². The van der Waals surface area contributed by atoms with Gasteiger partial charge in [0.15, 0.2) is 9.84 Å². The average Bonchev–Trinajstić information content (AvgIpc) is 2.39. The van der Waals surface area contributed by atoms with E-state index in [0.717, 1.165) is 0 Å². The van der Waals surface area contributed by atoms with Crippen molar-refractivity contribution in [3.05, 3.63) is 0 Å². The molecule has 0 aromatic rings. The minimum absolute atomic E-state index is 0.159. The first kappa shape index (κ1) is 13.7. The Kier molecular flexibility index (Phi) is 4.17. The number of ether oxygens (including phenoxy) is 1. The monoisotopic (exact) mass is 265 g/mol. The molecule has 0 saturated carbocycles. The standard InChI is InChI=1S/C10H19NO3S2/c1-10(2,3)14-9(15)11-6-8-4-5-16(12,13)7-8/h8H,4-7H2,1-3H3,(H,11,15)/t8-/m1/s1. The van der Waals surface area contributed by atoms with Gasteiger partial charge in [-0.05, 0) is 45.3 Å². The van der Waals surface area contributed by atoms with E-state index in [2.05, 4.69) is 5.32 Å². The molecule has 1 saturated heterocycles. The first-order chi connectivity index (χ1) is 7.18. The summed E-state index contributed by atoms with van der Waals surface area (Å²) in [4.78, 5) is 0. The molecule has 6 heteroatoms. The van der Waals surface area contributed by atoms with Gasteiger partial charge in [-0.3, -0.25) is 0 Å². The highest BCUT2D eigenvalue weighted by Gasteiger charge is 2.27. The molecule has 1 heterocycles. The molecule has 1 aliphatic rings. The van der Waals surface area contributed by atoms with E-state index < -0.39 is 9.84 Å². The molecule has 94 valence electrons. The Balaban J connectivity index is 2.29. The minimum atomic E-state index is -2.80. The van der Waals surface area contributed by atoms with Crippen LogP contribution in [0.4, 0.5) is 0 Å². The van der Waals surface area contributed by atoms with E-state index in [9.17, 15) is 8.42 Å². The third kappa shape index (κ3) is 5.12. The van der Waals surface area contributed by atoms with E-state index in [1.54, 1.807) is 0 Å². The molecule has 0 radical (unpaired) electrons. The van der Waals surface area contributed by atoms with E-state index in [1.807, 2.05) is 20.8 Å². The Hall–Kier alpha value is -0.360. The summed E-state index contributed by atoms with van der Waals surface area (Å²) in [6.07, 6.45) is 0.716. The second kappa shape index (κ2) is 4.87. The summed E-state index contributed by atoms with van der Waals surface area (Å²) in [6, 6.07) is 0. The fraction of sp³-hybridized carbons (Fsp3) is 0.900. The lowest BCUT2D eigenvalue weighted by Crippen LogP contribution is -2.35. The van der Waals surface area contributed by atoms with Crippen LogP contribution in [0.1, 0.15) is 27.2 Å². The van der Waals surface area contributed by atoms with Gasteiger partial charge in [-0.25, -0.2) is 8.42 Å². The van der Waals surface area contributed by atoms with Crippen LogP contribution in [0, 0.1) is 5.92 Å². The summed E-state index contributed by atoms with van der Waals surface area (Å²) in [5.41, 5.74) is -0.314. The Bertz CT molecular complexity index is 357. The van der Waals surface area contributed by atoms with Crippen molar-refractivity contribution in [1.29, 1.82) is 0 Å². The van der Waals surface area contributed by atoms with E-state index in [0.29, 0.717) is 23.9 Å². The van der Waals surface area contributed by atoms with Crippen LogP contribution < -0.4 is 5.32 Å².